The Morgan fingerprint density at radius 1 is 1.20 bits per heavy atom. The Morgan fingerprint density at radius 3 is 2.60 bits per heavy atom. The molecule has 110 valence electrons. The Hall–Kier alpha value is -1.39. The molecule has 0 heterocycles. The summed E-state index contributed by atoms with van der Waals surface area (Å²) < 4.78 is 5.50. The number of hydrogen-bond donors (Lipinski definition) is 2. The van der Waals surface area contributed by atoms with E-state index in [0.29, 0.717) is 19.6 Å². The lowest BCUT2D eigenvalue weighted by Gasteiger charge is -2.26. The summed E-state index contributed by atoms with van der Waals surface area (Å²) in [5, 5.41) is 12.4. The molecule has 0 saturated heterocycles. The van der Waals surface area contributed by atoms with Crippen LogP contribution in [0.2, 0.25) is 0 Å². The van der Waals surface area contributed by atoms with Crippen LogP contribution in [0.25, 0.3) is 0 Å². The van der Waals surface area contributed by atoms with Gasteiger partial charge in [-0.1, -0.05) is 30.3 Å². The van der Waals surface area contributed by atoms with Gasteiger partial charge in [-0.25, -0.2) is 0 Å². The summed E-state index contributed by atoms with van der Waals surface area (Å²) in [4.78, 5) is 11.8. The zero-order chi connectivity index (χ0) is 14.2. The van der Waals surface area contributed by atoms with Crippen LogP contribution in [0.5, 0.6) is 0 Å². The van der Waals surface area contributed by atoms with Crippen molar-refractivity contribution in [2.45, 2.75) is 50.9 Å². The van der Waals surface area contributed by atoms with Crippen molar-refractivity contribution in [1.29, 1.82) is 0 Å². The molecule has 1 aliphatic rings. The highest BCUT2D eigenvalue weighted by Crippen LogP contribution is 2.18. The van der Waals surface area contributed by atoms with Crippen molar-refractivity contribution in [1.82, 2.24) is 5.32 Å². The summed E-state index contributed by atoms with van der Waals surface area (Å²) >= 11 is 0. The second-order valence-corrected chi connectivity index (χ2v) is 5.36. The number of nitrogens with one attached hydrogen (secondary N) is 1. The Labute approximate surface area is 120 Å². The number of hydrogen-bond acceptors (Lipinski definition) is 3. The maximum absolute atomic E-state index is 11.8. The van der Waals surface area contributed by atoms with E-state index in [-0.39, 0.29) is 18.1 Å². The fourth-order valence-corrected chi connectivity index (χ4v) is 2.45. The van der Waals surface area contributed by atoms with E-state index < -0.39 is 0 Å². The van der Waals surface area contributed by atoms with Crippen LogP contribution in [-0.2, 0) is 16.1 Å². The molecule has 4 nitrogen and oxygen atoms in total. The van der Waals surface area contributed by atoms with Crippen LogP contribution in [0, 0.1) is 0 Å². The predicted octanol–water partition coefficient (Wildman–Crippen LogP) is 2.01. The van der Waals surface area contributed by atoms with Crippen LogP contribution in [0.4, 0.5) is 0 Å². The highest BCUT2D eigenvalue weighted by Gasteiger charge is 2.20. The first-order valence-corrected chi connectivity index (χ1v) is 7.33. The smallest absolute Gasteiger partial charge is 0.222 e. The predicted molar refractivity (Wildman–Crippen MR) is 77.1 cm³/mol. The Kier molecular flexibility index (Phi) is 6.02. The van der Waals surface area contributed by atoms with E-state index in [9.17, 15) is 9.90 Å². The number of rotatable bonds is 6. The summed E-state index contributed by atoms with van der Waals surface area (Å²) in [6, 6.07) is 10.2. The van der Waals surface area contributed by atoms with Gasteiger partial charge in [0.2, 0.25) is 5.91 Å². The van der Waals surface area contributed by atoms with Crippen LogP contribution in [0.1, 0.15) is 37.7 Å². The second-order valence-electron chi connectivity index (χ2n) is 5.36. The maximum Gasteiger partial charge on any atom is 0.222 e. The number of carbonyl (C=O) groups excluding carboxylic acids is 1. The van der Waals surface area contributed by atoms with E-state index in [1.807, 2.05) is 30.3 Å². The van der Waals surface area contributed by atoms with Gasteiger partial charge >= 0.3 is 0 Å². The molecule has 0 aliphatic heterocycles. The van der Waals surface area contributed by atoms with Crippen LogP contribution in [-0.4, -0.2) is 29.8 Å². The molecule has 0 atom stereocenters. The van der Waals surface area contributed by atoms with Crippen LogP contribution in [0.15, 0.2) is 30.3 Å². The van der Waals surface area contributed by atoms with Gasteiger partial charge < -0.3 is 15.2 Å². The summed E-state index contributed by atoms with van der Waals surface area (Å²) in [5.74, 6) is 0.0412. The van der Waals surface area contributed by atoms with E-state index in [2.05, 4.69) is 5.32 Å². The van der Waals surface area contributed by atoms with Crippen molar-refractivity contribution >= 4 is 5.91 Å². The molecule has 1 aromatic carbocycles. The summed E-state index contributed by atoms with van der Waals surface area (Å²) in [7, 11) is 0. The number of carbonyl (C=O) groups is 1. The van der Waals surface area contributed by atoms with Crippen molar-refractivity contribution in [3.8, 4) is 0 Å². The Bertz CT molecular complexity index is 399. The van der Waals surface area contributed by atoms with Crippen molar-refractivity contribution in [3.63, 3.8) is 0 Å². The average Bonchev–Trinajstić information content (AvgIpc) is 2.47. The standard InChI is InChI=1S/C16H23NO3/c18-15-8-6-14(7-9-15)17-16(19)10-11-20-12-13-4-2-1-3-5-13/h1-5,14-15,18H,6-12H2,(H,17,19). The molecule has 0 aromatic heterocycles. The summed E-state index contributed by atoms with van der Waals surface area (Å²) in [5.41, 5.74) is 1.12. The molecule has 2 N–H and O–H groups in total. The van der Waals surface area contributed by atoms with E-state index in [0.717, 1.165) is 31.2 Å². The Morgan fingerprint density at radius 2 is 1.90 bits per heavy atom. The van der Waals surface area contributed by atoms with E-state index >= 15 is 0 Å². The molecule has 1 fully saturated rings. The van der Waals surface area contributed by atoms with Gasteiger partial charge in [-0.2, -0.15) is 0 Å². The monoisotopic (exact) mass is 277 g/mol. The molecule has 1 amide bonds. The third-order valence-corrected chi connectivity index (χ3v) is 3.65. The largest absolute Gasteiger partial charge is 0.393 e. The molecule has 1 saturated carbocycles. The van der Waals surface area contributed by atoms with E-state index in [4.69, 9.17) is 4.74 Å². The number of amides is 1. The van der Waals surface area contributed by atoms with Gasteiger partial charge in [-0.15, -0.1) is 0 Å². The number of benzene rings is 1. The fraction of sp³-hybridized carbons (Fsp3) is 0.562. The normalized spacial score (nSPS) is 22.4. The lowest BCUT2D eigenvalue weighted by molar-refractivity contribution is -0.123. The number of ether oxygens (including phenoxy) is 1. The molecular weight excluding hydrogens is 254 g/mol. The quantitative estimate of drug-likeness (QED) is 0.782. The van der Waals surface area contributed by atoms with Gasteiger partial charge in [-0.05, 0) is 31.2 Å². The highest BCUT2D eigenvalue weighted by atomic mass is 16.5. The molecule has 0 radical (unpaired) electrons. The first-order valence-electron chi connectivity index (χ1n) is 7.33. The topological polar surface area (TPSA) is 58.6 Å². The van der Waals surface area contributed by atoms with Crippen molar-refractivity contribution in [3.05, 3.63) is 35.9 Å². The first kappa shape index (κ1) is 15.0. The zero-order valence-corrected chi connectivity index (χ0v) is 11.8. The molecule has 0 unspecified atom stereocenters. The third-order valence-electron chi connectivity index (χ3n) is 3.65. The molecule has 0 bridgehead atoms. The van der Waals surface area contributed by atoms with Crippen molar-refractivity contribution in [2.75, 3.05) is 6.61 Å². The van der Waals surface area contributed by atoms with Crippen LogP contribution in [0.3, 0.4) is 0 Å². The zero-order valence-electron chi connectivity index (χ0n) is 11.8. The van der Waals surface area contributed by atoms with Gasteiger partial charge in [0, 0.05) is 12.5 Å². The molecule has 20 heavy (non-hydrogen) atoms. The summed E-state index contributed by atoms with van der Waals surface area (Å²) in [6.07, 6.45) is 3.53. The van der Waals surface area contributed by atoms with E-state index in [1.54, 1.807) is 0 Å². The SMILES string of the molecule is O=C(CCOCc1ccccc1)NC1CCC(O)CC1. The average molecular weight is 277 g/mol. The molecular formula is C16H23NO3. The minimum atomic E-state index is -0.183. The Balaban J connectivity index is 1.56. The molecule has 0 spiro atoms. The molecule has 1 aliphatic carbocycles. The van der Waals surface area contributed by atoms with Gasteiger partial charge in [0.05, 0.1) is 19.3 Å². The minimum absolute atomic E-state index is 0.0412. The van der Waals surface area contributed by atoms with Gasteiger partial charge in [0.1, 0.15) is 0 Å². The lowest BCUT2D eigenvalue weighted by atomic mass is 9.93. The summed E-state index contributed by atoms with van der Waals surface area (Å²) in [6.45, 7) is 0.986. The van der Waals surface area contributed by atoms with Gasteiger partial charge in [0.15, 0.2) is 0 Å². The van der Waals surface area contributed by atoms with Crippen molar-refractivity contribution < 1.29 is 14.6 Å². The lowest BCUT2D eigenvalue weighted by Crippen LogP contribution is -2.38. The van der Waals surface area contributed by atoms with Crippen LogP contribution < -0.4 is 5.32 Å². The maximum atomic E-state index is 11.8. The van der Waals surface area contributed by atoms with E-state index in [1.165, 1.54) is 0 Å². The van der Waals surface area contributed by atoms with Crippen LogP contribution >= 0.6 is 0 Å². The minimum Gasteiger partial charge on any atom is -0.393 e. The first-order chi connectivity index (χ1) is 9.74. The third kappa shape index (κ3) is 5.31. The molecule has 2 rings (SSSR count). The molecule has 1 aromatic rings. The fourth-order valence-electron chi connectivity index (χ4n) is 2.45. The highest BCUT2D eigenvalue weighted by molar-refractivity contribution is 5.76. The molecule has 4 heteroatoms. The number of aliphatic hydroxyl groups is 1. The second kappa shape index (κ2) is 8.02. The number of aliphatic hydroxyl groups excluding tert-OH is 1. The van der Waals surface area contributed by atoms with Gasteiger partial charge in [-0.3, -0.25) is 4.79 Å². The van der Waals surface area contributed by atoms with Gasteiger partial charge in [0.25, 0.3) is 0 Å². The van der Waals surface area contributed by atoms with Crippen molar-refractivity contribution in [2.24, 2.45) is 0 Å².